The zero-order valence-electron chi connectivity index (χ0n) is 9.15. The minimum atomic E-state index is -2.81. The summed E-state index contributed by atoms with van der Waals surface area (Å²) in [5, 5.41) is 6.97. The lowest BCUT2D eigenvalue weighted by Crippen LogP contribution is -2.26. The van der Waals surface area contributed by atoms with Crippen LogP contribution in [0.25, 0.3) is 0 Å². The van der Waals surface area contributed by atoms with Gasteiger partial charge in [0.05, 0.1) is 17.2 Å². The summed E-state index contributed by atoms with van der Waals surface area (Å²) in [5.41, 5.74) is 7.29. The average molecular weight is 243 g/mol. The molecule has 16 heavy (non-hydrogen) atoms. The van der Waals surface area contributed by atoms with Crippen molar-refractivity contribution in [2.24, 2.45) is 11.7 Å². The highest BCUT2D eigenvalue weighted by molar-refractivity contribution is 7.91. The normalized spacial score (nSPS) is 24.4. The lowest BCUT2D eigenvalue weighted by molar-refractivity contribution is 0.479. The Bertz CT molecular complexity index is 452. The first-order valence-electron chi connectivity index (χ1n) is 5.53. The van der Waals surface area contributed by atoms with Crippen molar-refractivity contribution in [2.75, 3.05) is 11.5 Å². The number of sulfone groups is 1. The highest BCUT2D eigenvalue weighted by Crippen LogP contribution is 2.21. The molecular formula is C10H17N3O2S. The number of nitrogens with two attached hydrogens (primary N) is 1. The smallest absolute Gasteiger partial charge is 0.150 e. The van der Waals surface area contributed by atoms with Crippen LogP contribution in [0.5, 0.6) is 0 Å². The molecule has 1 atom stereocenters. The second-order valence-corrected chi connectivity index (χ2v) is 6.64. The Morgan fingerprint density at radius 2 is 2.38 bits per heavy atom. The van der Waals surface area contributed by atoms with Gasteiger partial charge in [-0.25, -0.2) is 8.42 Å². The van der Waals surface area contributed by atoms with Crippen LogP contribution in [0.15, 0.2) is 6.07 Å². The van der Waals surface area contributed by atoms with Crippen LogP contribution in [-0.2, 0) is 22.8 Å². The number of nitrogens with zero attached hydrogens (tertiary/aromatic N) is 1. The fourth-order valence-electron chi connectivity index (χ4n) is 2.19. The van der Waals surface area contributed by atoms with Gasteiger partial charge < -0.3 is 5.73 Å². The minimum absolute atomic E-state index is 0.215. The maximum Gasteiger partial charge on any atom is 0.150 e. The fraction of sp³-hybridized carbons (Fsp3) is 0.700. The van der Waals surface area contributed by atoms with Crippen molar-refractivity contribution in [3.63, 3.8) is 0 Å². The minimum Gasteiger partial charge on any atom is -0.325 e. The van der Waals surface area contributed by atoms with Gasteiger partial charge >= 0.3 is 0 Å². The van der Waals surface area contributed by atoms with Crippen LogP contribution in [0, 0.1) is 5.92 Å². The van der Waals surface area contributed by atoms with Gasteiger partial charge in [-0.05, 0) is 31.2 Å². The molecule has 2 heterocycles. The van der Waals surface area contributed by atoms with E-state index in [0.29, 0.717) is 18.1 Å². The van der Waals surface area contributed by atoms with Gasteiger partial charge in [0.25, 0.3) is 0 Å². The molecular weight excluding hydrogens is 226 g/mol. The first-order chi connectivity index (χ1) is 7.59. The lowest BCUT2D eigenvalue weighted by Gasteiger charge is -2.20. The topological polar surface area (TPSA) is 88.8 Å². The number of aromatic nitrogens is 2. The highest BCUT2D eigenvalue weighted by Gasteiger charge is 2.25. The largest absolute Gasteiger partial charge is 0.325 e. The second-order valence-electron chi connectivity index (χ2n) is 4.42. The molecule has 1 unspecified atom stereocenters. The Hall–Kier alpha value is -0.880. The molecule has 0 bridgehead atoms. The van der Waals surface area contributed by atoms with Crippen LogP contribution in [0.4, 0.5) is 0 Å². The Balaban J connectivity index is 1.99. The third kappa shape index (κ3) is 2.82. The number of aromatic amines is 1. The van der Waals surface area contributed by atoms with Crippen LogP contribution in [0.1, 0.15) is 24.2 Å². The number of rotatable bonds is 3. The molecule has 5 nitrogen and oxygen atoms in total. The van der Waals surface area contributed by atoms with Gasteiger partial charge in [-0.15, -0.1) is 0 Å². The van der Waals surface area contributed by atoms with Gasteiger partial charge in [-0.1, -0.05) is 0 Å². The molecule has 1 fully saturated rings. The van der Waals surface area contributed by atoms with E-state index in [2.05, 4.69) is 10.2 Å². The predicted molar refractivity (Wildman–Crippen MR) is 61.6 cm³/mol. The number of hydrogen-bond acceptors (Lipinski definition) is 4. The van der Waals surface area contributed by atoms with Gasteiger partial charge in [0, 0.05) is 12.2 Å². The summed E-state index contributed by atoms with van der Waals surface area (Å²) in [6.45, 7) is 0.440. The molecule has 3 N–H and O–H groups in total. The fourth-order valence-corrected chi connectivity index (χ4v) is 3.97. The molecule has 1 aliphatic heterocycles. The summed E-state index contributed by atoms with van der Waals surface area (Å²) in [6.07, 6.45) is 2.49. The van der Waals surface area contributed by atoms with E-state index in [4.69, 9.17) is 5.73 Å². The third-order valence-electron chi connectivity index (χ3n) is 2.96. The van der Waals surface area contributed by atoms with Crippen molar-refractivity contribution in [1.82, 2.24) is 10.2 Å². The molecule has 0 saturated carbocycles. The zero-order valence-corrected chi connectivity index (χ0v) is 9.96. The van der Waals surface area contributed by atoms with Crippen molar-refractivity contribution < 1.29 is 8.42 Å². The van der Waals surface area contributed by atoms with E-state index in [1.165, 1.54) is 0 Å². The molecule has 0 radical (unpaired) electrons. The lowest BCUT2D eigenvalue weighted by atomic mass is 9.99. The summed E-state index contributed by atoms with van der Waals surface area (Å²) in [4.78, 5) is 0. The van der Waals surface area contributed by atoms with Crippen molar-refractivity contribution >= 4 is 9.84 Å². The molecule has 1 aromatic rings. The molecule has 0 spiro atoms. The number of H-pyrrole nitrogens is 1. The Kier molecular flexibility index (Phi) is 3.30. The SMILES string of the molecule is NCc1cc(CC2CCCS(=O)(=O)C2)n[nH]1. The Labute approximate surface area is 95.3 Å². The van der Waals surface area contributed by atoms with E-state index in [-0.39, 0.29) is 5.92 Å². The molecule has 1 aromatic heterocycles. The summed E-state index contributed by atoms with van der Waals surface area (Å²) in [7, 11) is -2.81. The average Bonchev–Trinajstić information content (AvgIpc) is 2.64. The maximum atomic E-state index is 11.5. The van der Waals surface area contributed by atoms with E-state index in [1.807, 2.05) is 6.07 Å². The van der Waals surface area contributed by atoms with Crippen molar-refractivity contribution in [3.8, 4) is 0 Å². The Morgan fingerprint density at radius 1 is 1.56 bits per heavy atom. The van der Waals surface area contributed by atoms with Crippen LogP contribution in [0.3, 0.4) is 0 Å². The quantitative estimate of drug-likeness (QED) is 0.795. The molecule has 90 valence electrons. The van der Waals surface area contributed by atoms with Crippen LogP contribution in [-0.4, -0.2) is 30.1 Å². The monoisotopic (exact) mass is 243 g/mol. The van der Waals surface area contributed by atoms with E-state index in [1.54, 1.807) is 0 Å². The number of hydrogen-bond donors (Lipinski definition) is 2. The zero-order chi connectivity index (χ0) is 11.6. The van der Waals surface area contributed by atoms with Crippen LogP contribution >= 0.6 is 0 Å². The standard InChI is InChI=1S/C10H17N3O2S/c11-6-10-5-9(12-13-10)4-8-2-1-3-16(14,15)7-8/h5,8H,1-4,6-7,11H2,(H,12,13). The van der Waals surface area contributed by atoms with Crippen molar-refractivity contribution in [2.45, 2.75) is 25.8 Å². The molecule has 6 heteroatoms. The first kappa shape index (κ1) is 11.6. The molecule has 2 rings (SSSR count). The van der Waals surface area contributed by atoms with E-state index in [0.717, 1.165) is 30.7 Å². The highest BCUT2D eigenvalue weighted by atomic mass is 32.2. The summed E-state index contributed by atoms with van der Waals surface area (Å²) in [6, 6.07) is 1.92. The molecule has 0 amide bonds. The third-order valence-corrected chi connectivity index (χ3v) is 4.85. The van der Waals surface area contributed by atoms with E-state index < -0.39 is 9.84 Å². The van der Waals surface area contributed by atoms with Gasteiger partial charge in [-0.2, -0.15) is 5.10 Å². The van der Waals surface area contributed by atoms with Gasteiger partial charge in [0.2, 0.25) is 0 Å². The maximum absolute atomic E-state index is 11.5. The molecule has 1 saturated heterocycles. The first-order valence-corrected chi connectivity index (χ1v) is 7.35. The summed E-state index contributed by atoms with van der Waals surface area (Å²) >= 11 is 0. The van der Waals surface area contributed by atoms with Crippen molar-refractivity contribution in [1.29, 1.82) is 0 Å². The van der Waals surface area contributed by atoms with Gasteiger partial charge in [0.1, 0.15) is 0 Å². The van der Waals surface area contributed by atoms with E-state index in [9.17, 15) is 8.42 Å². The van der Waals surface area contributed by atoms with E-state index >= 15 is 0 Å². The van der Waals surface area contributed by atoms with Crippen LogP contribution in [0.2, 0.25) is 0 Å². The number of nitrogens with one attached hydrogen (secondary N) is 1. The summed E-state index contributed by atoms with van der Waals surface area (Å²) < 4.78 is 22.9. The van der Waals surface area contributed by atoms with Crippen LogP contribution < -0.4 is 5.73 Å². The predicted octanol–water partition coefficient (Wildman–Crippen LogP) is 0.236. The molecule has 0 aromatic carbocycles. The second kappa shape index (κ2) is 4.55. The van der Waals surface area contributed by atoms with Gasteiger partial charge in [0.15, 0.2) is 9.84 Å². The molecule has 1 aliphatic rings. The molecule has 0 aliphatic carbocycles. The van der Waals surface area contributed by atoms with Gasteiger partial charge in [-0.3, -0.25) is 5.10 Å². The van der Waals surface area contributed by atoms with Crippen molar-refractivity contribution in [3.05, 3.63) is 17.5 Å². The Morgan fingerprint density at radius 3 is 3.00 bits per heavy atom. The summed E-state index contributed by atoms with van der Waals surface area (Å²) in [5.74, 6) is 0.864.